The summed E-state index contributed by atoms with van der Waals surface area (Å²) in [4.78, 5) is 11.2. The summed E-state index contributed by atoms with van der Waals surface area (Å²) in [7, 11) is 0. The Kier molecular flexibility index (Phi) is 12.8. The zero-order valence-corrected chi connectivity index (χ0v) is 13.0. The Morgan fingerprint density at radius 2 is 1.70 bits per heavy atom. The summed E-state index contributed by atoms with van der Waals surface area (Å²) >= 11 is 7.48. The fourth-order valence-corrected chi connectivity index (χ4v) is 1.88. The van der Waals surface area contributed by atoms with Gasteiger partial charge in [-0.05, 0) is 56.2 Å². The molecule has 1 amide bonds. The van der Waals surface area contributed by atoms with E-state index in [1.165, 1.54) is 37.7 Å². The van der Waals surface area contributed by atoms with Gasteiger partial charge in [0.25, 0.3) is 0 Å². The number of nitrogens with zero attached hydrogens (tertiary/aromatic N) is 1. The van der Waals surface area contributed by atoms with Gasteiger partial charge in [0.1, 0.15) is 5.75 Å². The van der Waals surface area contributed by atoms with Crippen molar-refractivity contribution in [3.63, 3.8) is 0 Å². The van der Waals surface area contributed by atoms with Gasteiger partial charge >= 0.3 is 55.0 Å². The molecule has 0 saturated heterocycles. The molecule has 0 N–H and O–H groups in total. The summed E-state index contributed by atoms with van der Waals surface area (Å²) in [6.45, 7) is 2.22. The van der Waals surface area contributed by atoms with E-state index in [0.717, 1.165) is 10.1 Å². The molecule has 0 aliphatic carbocycles. The van der Waals surface area contributed by atoms with Gasteiger partial charge in [-0.25, -0.2) is 4.79 Å². The van der Waals surface area contributed by atoms with Crippen LogP contribution in [0, 0.1) is 0 Å². The number of ether oxygens (including phenoxy) is 1. The number of carbonyl (C=O) groups excluding carboxylic acids is 1. The van der Waals surface area contributed by atoms with Gasteiger partial charge in [0.2, 0.25) is 0 Å². The van der Waals surface area contributed by atoms with Gasteiger partial charge in [0.05, 0.1) is 0 Å². The molecule has 6 heteroatoms. The third-order valence-corrected chi connectivity index (χ3v) is 3.19. The number of rotatable bonds is 7. The van der Waals surface area contributed by atoms with E-state index in [0.29, 0.717) is 5.75 Å². The number of carbonyl (C=O) groups is 1. The van der Waals surface area contributed by atoms with Crippen LogP contribution in [0.4, 0.5) is 4.79 Å². The second-order valence-corrected chi connectivity index (χ2v) is 5.58. The Balaban J connectivity index is 0.00000361. The number of thiol groups is 2. The van der Waals surface area contributed by atoms with Crippen LogP contribution in [-0.4, -0.2) is 58.7 Å². The summed E-state index contributed by atoms with van der Waals surface area (Å²) < 4.78 is 5.83. The van der Waals surface area contributed by atoms with E-state index in [-0.39, 0.29) is 48.9 Å². The molecule has 0 radical (unpaired) electrons. The van der Waals surface area contributed by atoms with Gasteiger partial charge in [-0.1, -0.05) is 44.7 Å². The second-order valence-electron chi connectivity index (χ2n) is 4.47. The van der Waals surface area contributed by atoms with Gasteiger partial charge in [-0.3, -0.25) is 0 Å². The van der Waals surface area contributed by atoms with Crippen molar-refractivity contribution in [2.24, 2.45) is 0 Å². The van der Waals surface area contributed by atoms with Crippen LogP contribution in [0.2, 0.25) is 0 Å². The Morgan fingerprint density at radius 1 is 1.10 bits per heavy atom. The molecular weight excluding hydrogens is 416 g/mol. The fraction of sp³-hybridized carbons (Fsp3) is 0.500. The maximum atomic E-state index is 11.2. The second kappa shape index (κ2) is 12.3. The van der Waals surface area contributed by atoms with Gasteiger partial charge in [0.15, 0.2) is 0 Å². The first-order valence-electron chi connectivity index (χ1n) is 6.62. The molecule has 0 heterocycles. The fourth-order valence-electron chi connectivity index (χ4n) is 1.80. The van der Waals surface area contributed by atoms with Gasteiger partial charge in [-0.15, -0.1) is 0 Å². The van der Waals surface area contributed by atoms with Gasteiger partial charge in [0, 0.05) is 0 Å². The molecule has 1 aromatic carbocycles. The first-order valence-corrected chi connectivity index (χ1v) is 7.42. The van der Waals surface area contributed by atoms with Crippen molar-refractivity contribution >= 4 is 80.6 Å². The van der Waals surface area contributed by atoms with Crippen molar-refractivity contribution in [2.45, 2.75) is 45.4 Å². The third-order valence-electron chi connectivity index (χ3n) is 2.86. The molecule has 0 aromatic heterocycles. The molecule has 3 nitrogen and oxygen atoms in total. The molecule has 0 atom stereocenters. The Labute approximate surface area is 173 Å². The maximum absolute atomic E-state index is 11.2. The van der Waals surface area contributed by atoms with Crippen molar-refractivity contribution in [3.05, 3.63) is 29.8 Å². The molecule has 20 heavy (non-hydrogen) atoms. The van der Waals surface area contributed by atoms with E-state index in [9.17, 15) is 4.79 Å². The predicted molar refractivity (Wildman–Crippen MR) is 93.3 cm³/mol. The topological polar surface area (TPSA) is 29.5 Å². The Morgan fingerprint density at radius 3 is 2.25 bits per heavy atom. The number of benzene rings is 1. The van der Waals surface area contributed by atoms with E-state index in [4.69, 9.17) is 4.74 Å². The normalized spacial score (nSPS) is 9.75. The average molecular weight is 439 g/mol. The van der Waals surface area contributed by atoms with Crippen LogP contribution in [-0.2, 0) is 6.42 Å². The molecule has 0 aliphatic heterocycles. The van der Waals surface area contributed by atoms with E-state index in [1.807, 2.05) is 12.1 Å². The minimum absolute atomic E-state index is 0. The Hall–Kier alpha value is 0.761. The van der Waals surface area contributed by atoms with Crippen molar-refractivity contribution in [1.29, 1.82) is 0 Å². The van der Waals surface area contributed by atoms with Crippen LogP contribution in [0.1, 0.15) is 44.6 Å². The zero-order chi connectivity index (χ0) is 14.1. The molecule has 0 spiro atoms. The monoisotopic (exact) mass is 439 g/mol. The molecular formula is C14H23BaNO2S2. The third kappa shape index (κ3) is 8.92. The van der Waals surface area contributed by atoms with Crippen molar-refractivity contribution in [2.75, 3.05) is 0 Å². The standard InChI is InChI=1S/C14H21NO2S2.Ba.2H/c1-2-3-4-5-6-7-12-8-10-13(11-9-12)17-14(16)15(18)19;;;/h8-11,18-19H,2-7H2,1H3;;;. The molecule has 0 unspecified atom stereocenters. The number of aryl methyl sites for hydroxylation is 1. The SMILES string of the molecule is CCCCCCCc1ccc(OC(=O)N(S)S)cc1.[BaH2]. The first-order chi connectivity index (χ1) is 9.13. The molecule has 1 rings (SSSR count). The van der Waals surface area contributed by atoms with Crippen LogP contribution in [0.25, 0.3) is 0 Å². The van der Waals surface area contributed by atoms with Crippen LogP contribution in [0.3, 0.4) is 0 Å². The van der Waals surface area contributed by atoms with Gasteiger partial charge < -0.3 is 4.74 Å². The van der Waals surface area contributed by atoms with Crippen molar-refractivity contribution in [1.82, 2.24) is 3.71 Å². The van der Waals surface area contributed by atoms with Crippen LogP contribution in [0.15, 0.2) is 24.3 Å². The number of unbranched alkanes of at least 4 members (excludes halogenated alkanes) is 4. The summed E-state index contributed by atoms with van der Waals surface area (Å²) in [6.07, 6.45) is 6.85. The number of hydrogen-bond donors (Lipinski definition) is 2. The number of hydrogen-bond acceptors (Lipinski definition) is 4. The Bertz CT molecular complexity index is 385. The van der Waals surface area contributed by atoms with Crippen LogP contribution in [0.5, 0.6) is 5.75 Å². The van der Waals surface area contributed by atoms with E-state index in [2.05, 4.69) is 32.6 Å². The van der Waals surface area contributed by atoms with Crippen molar-refractivity contribution < 1.29 is 9.53 Å². The molecule has 110 valence electrons. The minimum atomic E-state index is -0.612. The number of amides is 1. The summed E-state index contributed by atoms with van der Waals surface area (Å²) in [5, 5.41) is 0. The summed E-state index contributed by atoms with van der Waals surface area (Å²) in [5.74, 6) is 0.507. The molecule has 0 saturated carbocycles. The van der Waals surface area contributed by atoms with Crippen molar-refractivity contribution in [3.8, 4) is 5.75 Å². The van der Waals surface area contributed by atoms with E-state index >= 15 is 0 Å². The van der Waals surface area contributed by atoms with E-state index < -0.39 is 6.09 Å². The van der Waals surface area contributed by atoms with Gasteiger partial charge in [-0.2, -0.15) is 3.71 Å². The summed E-state index contributed by atoms with van der Waals surface area (Å²) in [5.41, 5.74) is 1.27. The molecule has 0 aliphatic rings. The first kappa shape index (κ1) is 20.8. The van der Waals surface area contributed by atoms with Crippen LogP contribution >= 0.6 is 25.6 Å². The predicted octanol–water partition coefficient (Wildman–Crippen LogP) is 3.77. The summed E-state index contributed by atoms with van der Waals surface area (Å²) in [6, 6.07) is 7.57. The average Bonchev–Trinajstić information content (AvgIpc) is 2.40. The molecule has 0 fully saturated rings. The molecule has 0 bridgehead atoms. The van der Waals surface area contributed by atoms with E-state index in [1.54, 1.807) is 12.1 Å². The zero-order valence-electron chi connectivity index (χ0n) is 11.2. The quantitative estimate of drug-likeness (QED) is 0.385. The molecule has 1 aromatic rings. The van der Waals surface area contributed by atoms with Crippen LogP contribution < -0.4 is 4.74 Å².